The molecule has 1 aliphatic heterocycles. The van der Waals surface area contributed by atoms with E-state index in [-0.39, 0.29) is 10.6 Å². The number of hydrogen-bond donors (Lipinski definition) is 2. The van der Waals surface area contributed by atoms with Crippen LogP contribution in [-0.2, 0) is 0 Å². The van der Waals surface area contributed by atoms with Gasteiger partial charge in [0, 0.05) is 55.7 Å². The van der Waals surface area contributed by atoms with E-state index in [1.165, 1.54) is 12.8 Å². The van der Waals surface area contributed by atoms with Gasteiger partial charge in [-0.15, -0.1) is 0 Å². The quantitative estimate of drug-likeness (QED) is 0.638. The summed E-state index contributed by atoms with van der Waals surface area (Å²) in [5.74, 6) is 0. The topological polar surface area (TPSA) is 70.4 Å². The molecule has 6 heteroatoms. The van der Waals surface area contributed by atoms with Crippen molar-refractivity contribution in [2.24, 2.45) is 0 Å². The highest BCUT2D eigenvalue weighted by Crippen LogP contribution is 2.31. The second-order valence-electron chi connectivity index (χ2n) is 5.63. The summed E-state index contributed by atoms with van der Waals surface area (Å²) >= 11 is 0. The van der Waals surface area contributed by atoms with Crippen molar-refractivity contribution in [1.82, 2.24) is 4.90 Å². The van der Waals surface area contributed by atoms with E-state index in [4.69, 9.17) is 0 Å². The van der Waals surface area contributed by atoms with Crippen LogP contribution >= 0.6 is 0 Å². The lowest BCUT2D eigenvalue weighted by Gasteiger charge is -2.17. The Kier molecular flexibility index (Phi) is 3.48. The molecule has 1 saturated heterocycles. The zero-order chi connectivity index (χ0) is 14.1. The van der Waals surface area contributed by atoms with E-state index in [2.05, 4.69) is 15.5 Å². The second-order valence-corrected chi connectivity index (χ2v) is 5.63. The molecule has 2 N–H and O–H groups in total. The number of nitro benzene ring substituents is 1. The van der Waals surface area contributed by atoms with Crippen molar-refractivity contribution < 1.29 is 4.92 Å². The molecule has 1 heterocycles. The molecule has 2 aliphatic rings. The zero-order valence-corrected chi connectivity index (χ0v) is 11.6. The van der Waals surface area contributed by atoms with Crippen LogP contribution in [0.4, 0.5) is 17.1 Å². The van der Waals surface area contributed by atoms with Gasteiger partial charge >= 0.3 is 0 Å². The fraction of sp³-hybridized carbons (Fsp3) is 0.571. The maximum Gasteiger partial charge on any atom is 0.273 e. The van der Waals surface area contributed by atoms with Crippen LogP contribution in [0.2, 0.25) is 0 Å². The van der Waals surface area contributed by atoms with Crippen molar-refractivity contribution in [3.63, 3.8) is 0 Å². The summed E-state index contributed by atoms with van der Waals surface area (Å²) in [7, 11) is 1.77. The first-order chi connectivity index (χ1) is 9.65. The minimum atomic E-state index is -0.350. The highest BCUT2D eigenvalue weighted by Gasteiger charge is 2.34. The van der Waals surface area contributed by atoms with Crippen molar-refractivity contribution in [1.29, 1.82) is 0 Å². The SMILES string of the molecule is CNc1cc(NC2CCN(C3CC3)C2)cc([N+](=O)[O-])c1. The maximum atomic E-state index is 10.9. The molecule has 1 atom stereocenters. The van der Waals surface area contributed by atoms with Crippen LogP contribution in [0.3, 0.4) is 0 Å². The lowest BCUT2D eigenvalue weighted by molar-refractivity contribution is -0.384. The Morgan fingerprint density at radius 3 is 2.65 bits per heavy atom. The molecule has 1 aromatic carbocycles. The molecule has 0 radical (unpaired) electrons. The molecule has 108 valence electrons. The molecule has 1 aliphatic carbocycles. The Labute approximate surface area is 118 Å². The standard InChI is InChI=1S/C14H20N4O2/c1-15-11-6-12(8-14(7-11)18(19)20)16-10-4-5-17(9-10)13-2-3-13/h6-8,10,13,15-16H,2-5,9H2,1H3. The Bertz CT molecular complexity index is 516. The van der Waals surface area contributed by atoms with Crippen LogP contribution in [0.1, 0.15) is 19.3 Å². The van der Waals surface area contributed by atoms with E-state index in [0.29, 0.717) is 6.04 Å². The molecule has 0 spiro atoms. The minimum Gasteiger partial charge on any atom is -0.388 e. The van der Waals surface area contributed by atoms with Crippen LogP contribution in [-0.4, -0.2) is 42.0 Å². The summed E-state index contributed by atoms with van der Waals surface area (Å²) in [5, 5.41) is 17.4. The minimum absolute atomic E-state index is 0.122. The lowest BCUT2D eigenvalue weighted by atomic mass is 10.2. The van der Waals surface area contributed by atoms with E-state index in [1.807, 2.05) is 6.07 Å². The van der Waals surface area contributed by atoms with Gasteiger partial charge in [0.05, 0.1) is 4.92 Å². The Morgan fingerprint density at radius 2 is 2.00 bits per heavy atom. The number of rotatable bonds is 5. The predicted octanol–water partition coefficient (Wildman–Crippen LogP) is 2.29. The molecule has 1 unspecified atom stereocenters. The first-order valence-corrected chi connectivity index (χ1v) is 7.13. The number of nitrogens with one attached hydrogen (secondary N) is 2. The molecule has 0 amide bonds. The molecular formula is C14H20N4O2. The highest BCUT2D eigenvalue weighted by molar-refractivity contribution is 5.63. The van der Waals surface area contributed by atoms with Crippen molar-refractivity contribution >= 4 is 17.1 Å². The fourth-order valence-electron chi connectivity index (χ4n) is 2.86. The van der Waals surface area contributed by atoms with E-state index < -0.39 is 0 Å². The summed E-state index contributed by atoms with van der Waals surface area (Å²) < 4.78 is 0. The van der Waals surface area contributed by atoms with Crippen molar-refractivity contribution in [2.75, 3.05) is 30.8 Å². The first-order valence-electron chi connectivity index (χ1n) is 7.13. The predicted molar refractivity (Wildman–Crippen MR) is 79.3 cm³/mol. The molecular weight excluding hydrogens is 256 g/mol. The summed E-state index contributed by atoms with van der Waals surface area (Å²) in [4.78, 5) is 13.1. The monoisotopic (exact) mass is 276 g/mol. The van der Waals surface area contributed by atoms with E-state index in [1.54, 1.807) is 19.2 Å². The third-order valence-electron chi connectivity index (χ3n) is 4.07. The first kappa shape index (κ1) is 13.2. The third-order valence-corrected chi connectivity index (χ3v) is 4.07. The Balaban J connectivity index is 1.70. The molecule has 0 aromatic heterocycles. The van der Waals surface area contributed by atoms with Gasteiger partial charge in [-0.3, -0.25) is 15.0 Å². The molecule has 3 rings (SSSR count). The number of hydrogen-bond acceptors (Lipinski definition) is 5. The number of anilines is 2. The average molecular weight is 276 g/mol. The van der Waals surface area contributed by atoms with Gasteiger partial charge in [-0.25, -0.2) is 0 Å². The summed E-state index contributed by atoms with van der Waals surface area (Å²) in [6, 6.07) is 6.27. The molecule has 6 nitrogen and oxygen atoms in total. The number of nitro groups is 1. The smallest absolute Gasteiger partial charge is 0.273 e. The van der Waals surface area contributed by atoms with Gasteiger partial charge in [0.2, 0.25) is 0 Å². The zero-order valence-electron chi connectivity index (χ0n) is 11.6. The number of likely N-dealkylation sites (tertiary alicyclic amines) is 1. The van der Waals surface area contributed by atoms with Crippen LogP contribution < -0.4 is 10.6 Å². The fourth-order valence-corrected chi connectivity index (χ4v) is 2.86. The number of benzene rings is 1. The average Bonchev–Trinajstić information content (AvgIpc) is 3.19. The van der Waals surface area contributed by atoms with Gasteiger partial charge in [0.15, 0.2) is 0 Å². The van der Waals surface area contributed by atoms with Crippen molar-refractivity contribution in [3.8, 4) is 0 Å². The lowest BCUT2D eigenvalue weighted by Crippen LogP contribution is -2.27. The largest absolute Gasteiger partial charge is 0.388 e. The number of non-ortho nitro benzene ring substituents is 1. The van der Waals surface area contributed by atoms with Crippen LogP contribution in [0.5, 0.6) is 0 Å². The van der Waals surface area contributed by atoms with Crippen molar-refractivity contribution in [3.05, 3.63) is 28.3 Å². The normalized spacial score (nSPS) is 22.8. The van der Waals surface area contributed by atoms with Gasteiger partial charge in [-0.1, -0.05) is 0 Å². The third kappa shape index (κ3) is 2.85. The van der Waals surface area contributed by atoms with E-state index in [0.717, 1.165) is 36.9 Å². The highest BCUT2D eigenvalue weighted by atomic mass is 16.6. The Hall–Kier alpha value is -1.82. The van der Waals surface area contributed by atoms with Crippen LogP contribution in [0.25, 0.3) is 0 Å². The summed E-state index contributed by atoms with van der Waals surface area (Å²) in [6.07, 6.45) is 3.76. The van der Waals surface area contributed by atoms with E-state index >= 15 is 0 Å². The summed E-state index contributed by atoms with van der Waals surface area (Å²) in [6.45, 7) is 2.18. The van der Waals surface area contributed by atoms with Gasteiger partial charge in [0.25, 0.3) is 5.69 Å². The van der Waals surface area contributed by atoms with E-state index in [9.17, 15) is 10.1 Å². The van der Waals surface area contributed by atoms with Gasteiger partial charge in [-0.05, 0) is 25.3 Å². The van der Waals surface area contributed by atoms with Crippen LogP contribution in [0, 0.1) is 10.1 Å². The molecule has 0 bridgehead atoms. The summed E-state index contributed by atoms with van der Waals surface area (Å²) in [5.41, 5.74) is 1.71. The van der Waals surface area contributed by atoms with Gasteiger partial charge in [0.1, 0.15) is 0 Å². The number of nitrogens with zero attached hydrogens (tertiary/aromatic N) is 2. The molecule has 20 heavy (non-hydrogen) atoms. The van der Waals surface area contributed by atoms with Gasteiger partial charge < -0.3 is 10.6 Å². The molecule has 1 aromatic rings. The Morgan fingerprint density at radius 1 is 1.25 bits per heavy atom. The van der Waals surface area contributed by atoms with Crippen molar-refractivity contribution in [2.45, 2.75) is 31.3 Å². The molecule has 1 saturated carbocycles. The van der Waals surface area contributed by atoms with Gasteiger partial charge in [-0.2, -0.15) is 0 Å². The second kappa shape index (κ2) is 5.28. The van der Waals surface area contributed by atoms with Crippen LogP contribution in [0.15, 0.2) is 18.2 Å². The molecule has 2 fully saturated rings. The maximum absolute atomic E-state index is 10.9.